The summed E-state index contributed by atoms with van der Waals surface area (Å²) in [6.45, 7) is 7.12. The van der Waals surface area contributed by atoms with Gasteiger partial charge in [0.05, 0.1) is 31.2 Å². The monoisotopic (exact) mass is 476 g/mol. The zero-order valence-electron chi connectivity index (χ0n) is 19.1. The maximum absolute atomic E-state index is 13.3. The maximum atomic E-state index is 13.3. The Morgan fingerprint density at radius 1 is 1.33 bits per heavy atom. The number of ether oxygens (including phenoxy) is 2. The number of pyridine rings is 1. The Hall–Kier alpha value is -2.54. The molecule has 0 unspecified atom stereocenters. The minimum absolute atomic E-state index is 0.0135. The second-order valence-corrected chi connectivity index (χ2v) is 10.8. The van der Waals surface area contributed by atoms with E-state index in [4.69, 9.17) is 13.9 Å². The fourth-order valence-corrected chi connectivity index (χ4v) is 5.56. The number of imidazole rings is 1. The van der Waals surface area contributed by atoms with Gasteiger partial charge < -0.3 is 18.8 Å². The summed E-state index contributed by atoms with van der Waals surface area (Å²) in [4.78, 5) is 6.87. The van der Waals surface area contributed by atoms with Crippen molar-refractivity contribution in [2.75, 3.05) is 31.8 Å². The molecular weight excluding hydrogens is 448 g/mol. The third-order valence-corrected chi connectivity index (χ3v) is 7.77. The first-order valence-corrected chi connectivity index (χ1v) is 12.4. The van der Waals surface area contributed by atoms with Crippen LogP contribution in [0.4, 0.5) is 5.69 Å². The van der Waals surface area contributed by atoms with Crippen molar-refractivity contribution in [3.63, 3.8) is 0 Å². The molecule has 2 aliphatic rings. The van der Waals surface area contributed by atoms with E-state index < -0.39 is 15.6 Å². The lowest BCUT2D eigenvalue weighted by Crippen LogP contribution is -2.50. The number of hydrogen-bond acceptors (Lipinski definition) is 9. The van der Waals surface area contributed by atoms with Crippen LogP contribution in [-0.4, -0.2) is 72.6 Å². The van der Waals surface area contributed by atoms with Crippen LogP contribution in [0.15, 0.2) is 27.8 Å². The Bertz CT molecular complexity index is 1280. The highest BCUT2D eigenvalue weighted by Gasteiger charge is 2.41. The molecule has 1 saturated heterocycles. The van der Waals surface area contributed by atoms with Crippen LogP contribution in [0.2, 0.25) is 0 Å². The lowest BCUT2D eigenvalue weighted by Gasteiger charge is -2.39. The van der Waals surface area contributed by atoms with E-state index in [1.807, 2.05) is 13.8 Å². The number of anilines is 1. The average Bonchev–Trinajstić information content (AvgIpc) is 3.13. The quantitative estimate of drug-likeness (QED) is 0.543. The Labute approximate surface area is 192 Å². The summed E-state index contributed by atoms with van der Waals surface area (Å²) < 4.78 is 48.0. The molecule has 2 fully saturated rings. The molecule has 0 aromatic carbocycles. The standard InChI is InChI=1S/C21H28N6O5S/c1-13-11-31-15(12-30-4)9-26(13)17-7-16(33(28,29)25-21(3)5-6-21)10-27-18(8-22-19(17)27)20-24-23-14(2)32-20/h7-8,10,13,15,25H,5-6,9,11-12H2,1-4H3/t13-,15+/m0/s1. The zero-order chi connectivity index (χ0) is 23.4. The second kappa shape index (κ2) is 8.05. The number of aromatic nitrogens is 4. The Kier molecular flexibility index (Phi) is 5.43. The van der Waals surface area contributed by atoms with Crippen molar-refractivity contribution in [3.05, 3.63) is 24.4 Å². The summed E-state index contributed by atoms with van der Waals surface area (Å²) in [5, 5.41) is 8.00. The van der Waals surface area contributed by atoms with Gasteiger partial charge in [-0.2, -0.15) is 0 Å². The predicted molar refractivity (Wildman–Crippen MR) is 120 cm³/mol. The van der Waals surface area contributed by atoms with E-state index in [1.54, 1.807) is 36.9 Å². The van der Waals surface area contributed by atoms with Crippen LogP contribution in [0.5, 0.6) is 0 Å². The molecule has 0 bridgehead atoms. The molecule has 12 heteroatoms. The molecule has 0 radical (unpaired) electrons. The Balaban J connectivity index is 1.66. The number of nitrogens with zero attached hydrogens (tertiary/aromatic N) is 5. The van der Waals surface area contributed by atoms with Crippen molar-refractivity contribution < 1.29 is 22.3 Å². The SMILES string of the molecule is COC[C@H]1CN(c2cc(S(=O)(=O)NC3(C)CC3)cn3c(-c4nnc(C)o4)cnc23)[C@@H](C)CO1. The van der Waals surface area contributed by atoms with Crippen molar-refractivity contribution >= 4 is 21.4 Å². The first-order chi connectivity index (χ1) is 15.7. The van der Waals surface area contributed by atoms with Crippen LogP contribution < -0.4 is 9.62 Å². The molecule has 5 rings (SSSR count). The van der Waals surface area contributed by atoms with Crippen molar-refractivity contribution in [1.29, 1.82) is 0 Å². The van der Waals surface area contributed by atoms with Gasteiger partial charge in [0, 0.05) is 38.4 Å². The van der Waals surface area contributed by atoms with Crippen LogP contribution in [0.25, 0.3) is 17.2 Å². The van der Waals surface area contributed by atoms with Crippen molar-refractivity contribution in [3.8, 4) is 11.6 Å². The maximum Gasteiger partial charge on any atom is 0.266 e. The topological polar surface area (TPSA) is 124 Å². The molecule has 11 nitrogen and oxygen atoms in total. The van der Waals surface area contributed by atoms with Gasteiger partial charge in [-0.25, -0.2) is 18.1 Å². The Morgan fingerprint density at radius 3 is 2.79 bits per heavy atom. The average molecular weight is 477 g/mol. The highest BCUT2D eigenvalue weighted by molar-refractivity contribution is 7.89. The molecule has 1 N–H and O–H groups in total. The summed E-state index contributed by atoms with van der Waals surface area (Å²) in [6, 6.07) is 1.70. The number of morpholine rings is 1. The van der Waals surface area contributed by atoms with Gasteiger partial charge in [-0.05, 0) is 32.8 Å². The molecule has 178 valence electrons. The first kappa shape index (κ1) is 22.3. The number of nitrogens with one attached hydrogen (secondary N) is 1. The van der Waals surface area contributed by atoms with Crippen LogP contribution in [-0.2, 0) is 19.5 Å². The fraction of sp³-hybridized carbons (Fsp3) is 0.571. The Morgan fingerprint density at radius 2 is 2.12 bits per heavy atom. The van der Waals surface area contributed by atoms with Gasteiger partial charge in [0.15, 0.2) is 5.65 Å². The number of aryl methyl sites for hydroxylation is 1. The summed E-state index contributed by atoms with van der Waals surface area (Å²) in [5.74, 6) is 0.686. The molecule has 1 saturated carbocycles. The van der Waals surface area contributed by atoms with Crippen molar-refractivity contribution in [2.24, 2.45) is 0 Å². The smallest absolute Gasteiger partial charge is 0.266 e. The van der Waals surface area contributed by atoms with Crippen LogP contribution in [0.3, 0.4) is 0 Å². The van der Waals surface area contributed by atoms with E-state index in [2.05, 4.69) is 24.8 Å². The first-order valence-electron chi connectivity index (χ1n) is 10.9. The minimum atomic E-state index is -3.77. The van der Waals surface area contributed by atoms with Crippen LogP contribution in [0, 0.1) is 6.92 Å². The predicted octanol–water partition coefficient (Wildman–Crippen LogP) is 1.76. The number of rotatable bonds is 7. The lowest BCUT2D eigenvalue weighted by molar-refractivity contribution is -0.0221. The van der Waals surface area contributed by atoms with Crippen LogP contribution in [0.1, 0.15) is 32.6 Å². The number of fused-ring (bicyclic) bond motifs is 1. The van der Waals surface area contributed by atoms with Gasteiger partial charge in [-0.15, -0.1) is 10.2 Å². The van der Waals surface area contributed by atoms with E-state index >= 15 is 0 Å². The molecule has 1 aliphatic heterocycles. The largest absolute Gasteiger partial charge is 0.420 e. The summed E-state index contributed by atoms with van der Waals surface area (Å²) in [7, 11) is -2.14. The molecule has 0 amide bonds. The molecule has 1 aliphatic carbocycles. The summed E-state index contributed by atoms with van der Waals surface area (Å²) in [6.07, 6.45) is 4.68. The van der Waals surface area contributed by atoms with Gasteiger partial charge in [0.1, 0.15) is 10.6 Å². The normalized spacial score (nSPS) is 22.7. The fourth-order valence-electron chi connectivity index (χ4n) is 4.07. The zero-order valence-corrected chi connectivity index (χ0v) is 19.9. The van der Waals surface area contributed by atoms with Gasteiger partial charge >= 0.3 is 0 Å². The third kappa shape index (κ3) is 4.23. The van der Waals surface area contributed by atoms with Gasteiger partial charge in [-0.3, -0.25) is 4.40 Å². The van der Waals surface area contributed by atoms with Crippen LogP contribution >= 0.6 is 0 Å². The van der Waals surface area contributed by atoms with Gasteiger partial charge in [0.25, 0.3) is 5.89 Å². The van der Waals surface area contributed by atoms with E-state index in [0.717, 1.165) is 12.8 Å². The molecule has 3 aromatic rings. The summed E-state index contributed by atoms with van der Waals surface area (Å²) in [5.41, 5.74) is 1.42. The van der Waals surface area contributed by atoms with E-state index in [-0.39, 0.29) is 22.9 Å². The number of sulfonamides is 1. The molecule has 4 heterocycles. The second-order valence-electron chi connectivity index (χ2n) is 9.10. The lowest BCUT2D eigenvalue weighted by atomic mass is 10.1. The molecule has 33 heavy (non-hydrogen) atoms. The number of hydrogen-bond donors (Lipinski definition) is 1. The summed E-state index contributed by atoms with van der Waals surface area (Å²) >= 11 is 0. The number of methoxy groups -OCH3 is 1. The van der Waals surface area contributed by atoms with E-state index in [1.165, 1.54) is 0 Å². The van der Waals surface area contributed by atoms with Crippen molar-refractivity contribution in [2.45, 2.75) is 56.2 Å². The minimum Gasteiger partial charge on any atom is -0.420 e. The van der Waals surface area contributed by atoms with Crippen molar-refractivity contribution in [1.82, 2.24) is 24.3 Å². The highest BCUT2D eigenvalue weighted by Crippen LogP contribution is 2.37. The highest BCUT2D eigenvalue weighted by atomic mass is 32.2. The molecular formula is C21H28N6O5S. The van der Waals surface area contributed by atoms with E-state index in [0.29, 0.717) is 42.7 Å². The van der Waals surface area contributed by atoms with Gasteiger partial charge in [-0.1, -0.05) is 0 Å². The molecule has 3 aromatic heterocycles. The van der Waals surface area contributed by atoms with Gasteiger partial charge in [0.2, 0.25) is 15.9 Å². The molecule has 0 spiro atoms. The van der Waals surface area contributed by atoms with E-state index in [9.17, 15) is 8.42 Å². The molecule has 2 atom stereocenters. The third-order valence-electron chi connectivity index (χ3n) is 6.16.